The van der Waals surface area contributed by atoms with Gasteiger partial charge in [-0.3, -0.25) is 0 Å². The van der Waals surface area contributed by atoms with E-state index in [1.807, 2.05) is 0 Å². The molecule has 2 N–H and O–H groups in total. The van der Waals surface area contributed by atoms with E-state index in [1.54, 1.807) is 13.0 Å². The highest BCUT2D eigenvalue weighted by Gasteiger charge is 2.63. The molecule has 2 bridgehead atoms. The first-order valence-electron chi connectivity index (χ1n) is 16.1. The standard InChI is InChI=1S/C33H49BFNO7/c1-7-36-15-14-33(23(36)5)16-26(43-27(38)18-41-25-9-8-24-17-42-34(40)28(24)29(25)35)31(6)19-32(12-10-20(31)2,13-11-21(3)37)22(4)30(33)39/h8-9,20,22-23,26,30,39-40H,7,10-19H2,1-6H3/t20-,22+,23?,26-,30+,31+,32-,33-/m1/s1. The molecule has 2 saturated carbocycles. The zero-order chi connectivity index (χ0) is 31.3. The Balaban J connectivity index is 1.46. The lowest BCUT2D eigenvalue weighted by atomic mass is 9.46. The van der Waals surface area contributed by atoms with Crippen LogP contribution in [-0.4, -0.2) is 71.8 Å². The van der Waals surface area contributed by atoms with E-state index < -0.39 is 43.1 Å². The summed E-state index contributed by atoms with van der Waals surface area (Å²) in [6.07, 6.45) is 4.01. The number of Topliss-reactive ketones (excluding diaryl/α,β-unsaturated/α-hetero) is 1. The second-order valence-corrected chi connectivity index (χ2v) is 14.3. The molecule has 0 amide bonds. The number of aliphatic hydroxyl groups excluding tert-OH is 1. The molecule has 2 heterocycles. The summed E-state index contributed by atoms with van der Waals surface area (Å²) in [5.41, 5.74) is -0.532. The molecule has 2 aliphatic carbocycles. The number of carbonyl (C=O) groups is 2. The van der Waals surface area contributed by atoms with Gasteiger partial charge in [-0.05, 0) is 94.3 Å². The highest BCUT2D eigenvalue weighted by Crippen LogP contribution is 2.63. The van der Waals surface area contributed by atoms with Gasteiger partial charge < -0.3 is 34.0 Å². The number of ether oxygens (including phenoxy) is 2. The number of ketones is 1. The number of likely N-dealkylation sites (tertiary alicyclic amines) is 1. The number of halogens is 1. The second-order valence-electron chi connectivity index (χ2n) is 14.3. The summed E-state index contributed by atoms with van der Waals surface area (Å²) in [4.78, 5) is 28.1. The van der Waals surface area contributed by atoms with Crippen molar-refractivity contribution in [3.8, 4) is 5.75 Å². The fourth-order valence-corrected chi connectivity index (χ4v) is 9.17. The average Bonchev–Trinajstić information content (AvgIpc) is 3.51. The molecule has 10 heteroatoms. The highest BCUT2D eigenvalue weighted by atomic mass is 19.1. The van der Waals surface area contributed by atoms with Crippen LogP contribution in [0.2, 0.25) is 0 Å². The molecule has 238 valence electrons. The van der Waals surface area contributed by atoms with E-state index in [0.717, 1.165) is 38.8 Å². The first kappa shape index (κ1) is 32.4. The zero-order valence-electron chi connectivity index (χ0n) is 26.7. The van der Waals surface area contributed by atoms with Gasteiger partial charge in [-0.15, -0.1) is 0 Å². The van der Waals surface area contributed by atoms with Gasteiger partial charge in [-0.1, -0.05) is 33.8 Å². The van der Waals surface area contributed by atoms with Crippen LogP contribution in [0.25, 0.3) is 0 Å². The van der Waals surface area contributed by atoms with Gasteiger partial charge in [0.2, 0.25) is 0 Å². The monoisotopic (exact) mass is 601 g/mol. The van der Waals surface area contributed by atoms with Crippen LogP contribution in [-0.2, 0) is 25.6 Å². The number of carbonyl (C=O) groups excluding carboxylic acids is 2. The van der Waals surface area contributed by atoms with Crippen molar-refractivity contribution in [3.05, 3.63) is 23.5 Å². The van der Waals surface area contributed by atoms with E-state index in [1.165, 1.54) is 6.07 Å². The maximum absolute atomic E-state index is 15.1. The predicted octanol–water partition coefficient (Wildman–Crippen LogP) is 4.02. The van der Waals surface area contributed by atoms with Crippen LogP contribution in [0.4, 0.5) is 4.39 Å². The molecule has 5 rings (SSSR count). The van der Waals surface area contributed by atoms with Crippen molar-refractivity contribution in [1.29, 1.82) is 0 Å². The third-order valence-corrected chi connectivity index (χ3v) is 12.4. The zero-order valence-corrected chi connectivity index (χ0v) is 26.7. The predicted molar refractivity (Wildman–Crippen MR) is 161 cm³/mol. The van der Waals surface area contributed by atoms with Crippen molar-refractivity contribution >= 4 is 24.3 Å². The maximum atomic E-state index is 15.1. The normalized spacial score (nSPS) is 37.6. The summed E-state index contributed by atoms with van der Waals surface area (Å²) in [6, 6.07) is 3.16. The molecule has 1 unspecified atom stereocenters. The Labute approximate surface area is 255 Å². The summed E-state index contributed by atoms with van der Waals surface area (Å²) in [6.45, 7) is 14.0. The maximum Gasteiger partial charge on any atom is 0.494 e. The minimum atomic E-state index is -1.36. The van der Waals surface area contributed by atoms with Crippen LogP contribution in [0, 0.1) is 33.9 Å². The molecular weight excluding hydrogens is 552 g/mol. The van der Waals surface area contributed by atoms with Crippen molar-refractivity contribution in [2.45, 2.75) is 111 Å². The van der Waals surface area contributed by atoms with Gasteiger partial charge in [0.25, 0.3) is 0 Å². The number of aliphatic hydroxyl groups is 1. The summed E-state index contributed by atoms with van der Waals surface area (Å²) < 4.78 is 32.2. The van der Waals surface area contributed by atoms with Crippen LogP contribution >= 0.6 is 0 Å². The van der Waals surface area contributed by atoms with Crippen LogP contribution in [0.1, 0.15) is 92.1 Å². The quantitative estimate of drug-likeness (QED) is 0.340. The molecule has 1 saturated heterocycles. The molecule has 1 aromatic carbocycles. The van der Waals surface area contributed by atoms with Gasteiger partial charge in [0, 0.05) is 28.8 Å². The number of fused-ring (bicyclic) bond motifs is 3. The smallest absolute Gasteiger partial charge is 0.479 e. The van der Waals surface area contributed by atoms with Crippen molar-refractivity contribution in [1.82, 2.24) is 4.90 Å². The van der Waals surface area contributed by atoms with Gasteiger partial charge in [-0.25, -0.2) is 9.18 Å². The largest absolute Gasteiger partial charge is 0.494 e. The summed E-state index contributed by atoms with van der Waals surface area (Å²) in [5, 5.41) is 22.3. The minimum Gasteiger partial charge on any atom is -0.479 e. The van der Waals surface area contributed by atoms with Gasteiger partial charge >= 0.3 is 13.1 Å². The SMILES string of the molecule is CCN1CC[C@@]2(C[C@@H](OC(=O)COc3ccc4c(c3F)B(O)OC4)[C@@]3(C)C[C@](CCC(C)=O)(CC[C@H]3C)[C@@H](C)[C@@H]2O)C1C. The highest BCUT2D eigenvalue weighted by molar-refractivity contribution is 6.61. The molecular formula is C33H49BFNO7. The average molecular weight is 602 g/mol. The molecule has 8 nitrogen and oxygen atoms in total. The fourth-order valence-electron chi connectivity index (χ4n) is 9.17. The van der Waals surface area contributed by atoms with Gasteiger partial charge in [0.1, 0.15) is 11.9 Å². The lowest BCUT2D eigenvalue weighted by Crippen LogP contribution is -2.61. The molecule has 2 aliphatic heterocycles. The molecule has 1 spiro atoms. The van der Waals surface area contributed by atoms with Crippen LogP contribution in [0.3, 0.4) is 0 Å². The number of hydrogen-bond donors (Lipinski definition) is 2. The Hall–Kier alpha value is -2.01. The third kappa shape index (κ3) is 5.55. The number of hydrogen-bond acceptors (Lipinski definition) is 8. The summed E-state index contributed by atoms with van der Waals surface area (Å²) in [7, 11) is -1.36. The molecule has 0 radical (unpaired) electrons. The van der Waals surface area contributed by atoms with Crippen molar-refractivity contribution in [3.63, 3.8) is 0 Å². The summed E-state index contributed by atoms with van der Waals surface area (Å²) >= 11 is 0. The lowest BCUT2D eigenvalue weighted by molar-refractivity contribution is -0.200. The fraction of sp³-hybridized carbons (Fsp3) is 0.758. The van der Waals surface area contributed by atoms with Crippen molar-refractivity contribution in [2.75, 3.05) is 19.7 Å². The van der Waals surface area contributed by atoms with Crippen molar-refractivity contribution < 1.29 is 38.2 Å². The van der Waals surface area contributed by atoms with E-state index in [2.05, 4.69) is 39.5 Å². The number of benzene rings is 1. The third-order valence-electron chi connectivity index (χ3n) is 12.4. The van der Waals surface area contributed by atoms with E-state index in [9.17, 15) is 19.7 Å². The molecule has 4 aliphatic rings. The topological polar surface area (TPSA) is 106 Å². The first-order chi connectivity index (χ1) is 20.3. The van der Waals surface area contributed by atoms with E-state index >= 15 is 4.39 Å². The minimum absolute atomic E-state index is 0.0139. The Kier molecular flexibility index (Phi) is 9.09. The molecule has 8 atom stereocenters. The number of rotatable bonds is 8. The van der Waals surface area contributed by atoms with E-state index in [0.29, 0.717) is 24.8 Å². The molecule has 0 aromatic heterocycles. The Morgan fingerprint density at radius 1 is 1.23 bits per heavy atom. The number of esters is 1. The Morgan fingerprint density at radius 2 is 1.98 bits per heavy atom. The Morgan fingerprint density at radius 3 is 2.65 bits per heavy atom. The lowest BCUT2D eigenvalue weighted by Gasteiger charge is -2.61. The van der Waals surface area contributed by atoms with Crippen LogP contribution in [0.5, 0.6) is 5.75 Å². The number of nitrogens with zero attached hydrogens (tertiary/aromatic N) is 1. The Bertz CT molecular complexity index is 1230. The molecule has 43 heavy (non-hydrogen) atoms. The van der Waals surface area contributed by atoms with Crippen LogP contribution < -0.4 is 10.2 Å². The van der Waals surface area contributed by atoms with E-state index in [-0.39, 0.29) is 52.3 Å². The van der Waals surface area contributed by atoms with Gasteiger partial charge in [-0.2, -0.15) is 0 Å². The van der Waals surface area contributed by atoms with Gasteiger partial charge in [0.05, 0.1) is 12.7 Å². The van der Waals surface area contributed by atoms with E-state index in [4.69, 9.17) is 14.1 Å². The molecule has 3 fully saturated rings. The van der Waals surface area contributed by atoms with Gasteiger partial charge in [0.15, 0.2) is 18.2 Å². The second kappa shape index (κ2) is 12.1. The molecule has 1 aromatic rings. The summed E-state index contributed by atoms with van der Waals surface area (Å²) in [5.74, 6) is -1.07. The van der Waals surface area contributed by atoms with Crippen molar-refractivity contribution in [2.24, 2.45) is 28.1 Å². The van der Waals surface area contributed by atoms with Crippen LogP contribution in [0.15, 0.2) is 12.1 Å². The first-order valence-corrected chi connectivity index (χ1v) is 16.1.